The Bertz CT molecular complexity index is 984. The standard InChI is InChI=1S/C24H29Cl2N3O4S/c1-4-16(3)27-24(31)22(5-2)28(13-19-20(25)7-6-8-21(19)26)23(30)15-34-14-17-9-11-18(12-10-17)29(32)33/h6-12,16,22H,4-5,13-15H2,1-3H3,(H,27,31)/t16-,22-/m1/s1. The van der Waals surface area contributed by atoms with Crippen LogP contribution < -0.4 is 5.32 Å². The maximum Gasteiger partial charge on any atom is 0.269 e. The summed E-state index contributed by atoms with van der Waals surface area (Å²) in [5.41, 5.74) is 1.48. The minimum atomic E-state index is -0.672. The summed E-state index contributed by atoms with van der Waals surface area (Å²) in [5.74, 6) is 0.203. The van der Waals surface area contributed by atoms with Crippen molar-refractivity contribution in [1.82, 2.24) is 10.2 Å². The van der Waals surface area contributed by atoms with Crippen molar-refractivity contribution in [3.05, 3.63) is 73.8 Å². The second-order valence-corrected chi connectivity index (χ2v) is 9.68. The molecule has 0 bridgehead atoms. The molecule has 34 heavy (non-hydrogen) atoms. The minimum Gasteiger partial charge on any atom is -0.352 e. The quantitative estimate of drug-likeness (QED) is 0.276. The third-order valence-electron chi connectivity index (χ3n) is 5.42. The van der Waals surface area contributed by atoms with E-state index in [0.29, 0.717) is 27.8 Å². The molecule has 2 amide bonds. The molecule has 0 radical (unpaired) electrons. The SMILES string of the molecule is CC[C@@H](C)NC(=O)[C@@H](CC)N(Cc1c(Cl)cccc1Cl)C(=O)CSCc1ccc([N+](=O)[O-])cc1. The van der Waals surface area contributed by atoms with Gasteiger partial charge in [-0.25, -0.2) is 0 Å². The number of carbonyl (C=O) groups is 2. The Labute approximate surface area is 214 Å². The van der Waals surface area contributed by atoms with Crippen LogP contribution in [0.15, 0.2) is 42.5 Å². The van der Waals surface area contributed by atoms with Gasteiger partial charge in [-0.1, -0.05) is 55.2 Å². The van der Waals surface area contributed by atoms with Gasteiger partial charge < -0.3 is 10.2 Å². The number of nitrogens with zero attached hydrogens (tertiary/aromatic N) is 2. The highest BCUT2D eigenvalue weighted by Crippen LogP contribution is 2.27. The molecular formula is C24H29Cl2N3O4S. The Morgan fingerprint density at radius 2 is 1.71 bits per heavy atom. The topological polar surface area (TPSA) is 92.6 Å². The Morgan fingerprint density at radius 3 is 2.24 bits per heavy atom. The number of halogens is 2. The number of hydrogen-bond acceptors (Lipinski definition) is 5. The van der Waals surface area contributed by atoms with Crippen LogP contribution in [0, 0.1) is 10.1 Å². The molecule has 0 heterocycles. The summed E-state index contributed by atoms with van der Waals surface area (Å²) in [4.78, 5) is 38.2. The summed E-state index contributed by atoms with van der Waals surface area (Å²) in [7, 11) is 0. The summed E-state index contributed by atoms with van der Waals surface area (Å²) >= 11 is 14.1. The number of non-ortho nitro benzene ring substituents is 1. The van der Waals surface area contributed by atoms with Crippen molar-refractivity contribution in [2.75, 3.05) is 5.75 Å². The lowest BCUT2D eigenvalue weighted by molar-refractivity contribution is -0.384. The Kier molecular flexibility index (Phi) is 11.1. The Hall–Kier alpha value is -2.29. The molecule has 2 atom stereocenters. The van der Waals surface area contributed by atoms with Gasteiger partial charge in [0.1, 0.15) is 6.04 Å². The number of rotatable bonds is 12. The molecule has 7 nitrogen and oxygen atoms in total. The van der Waals surface area contributed by atoms with Crippen LogP contribution in [0.1, 0.15) is 44.7 Å². The molecule has 10 heteroatoms. The molecule has 0 spiro atoms. The number of thioether (sulfide) groups is 1. The third-order valence-corrected chi connectivity index (χ3v) is 7.12. The normalized spacial score (nSPS) is 12.6. The number of nitro groups is 1. The van der Waals surface area contributed by atoms with E-state index in [-0.39, 0.29) is 35.8 Å². The number of benzene rings is 2. The first kappa shape index (κ1) is 28.0. The van der Waals surface area contributed by atoms with Gasteiger partial charge >= 0.3 is 0 Å². The van der Waals surface area contributed by atoms with Crippen LogP contribution >= 0.6 is 35.0 Å². The van der Waals surface area contributed by atoms with Crippen LogP contribution in [0.5, 0.6) is 0 Å². The van der Waals surface area contributed by atoms with Crippen LogP contribution in [0.3, 0.4) is 0 Å². The van der Waals surface area contributed by atoms with Gasteiger partial charge in [0, 0.05) is 46.1 Å². The molecule has 184 valence electrons. The smallest absolute Gasteiger partial charge is 0.269 e. The second kappa shape index (κ2) is 13.6. The van der Waals surface area contributed by atoms with Gasteiger partial charge in [0.15, 0.2) is 0 Å². The van der Waals surface area contributed by atoms with Crippen molar-refractivity contribution >= 4 is 52.5 Å². The first-order valence-electron chi connectivity index (χ1n) is 11.0. The van der Waals surface area contributed by atoms with E-state index in [2.05, 4.69) is 5.32 Å². The van der Waals surface area contributed by atoms with Crippen molar-refractivity contribution in [1.29, 1.82) is 0 Å². The van der Waals surface area contributed by atoms with Crippen molar-refractivity contribution in [2.45, 2.75) is 58.0 Å². The lowest BCUT2D eigenvalue weighted by Crippen LogP contribution is -2.51. The van der Waals surface area contributed by atoms with E-state index in [1.807, 2.05) is 20.8 Å². The van der Waals surface area contributed by atoms with Gasteiger partial charge in [-0.3, -0.25) is 19.7 Å². The molecule has 0 fully saturated rings. The summed E-state index contributed by atoms with van der Waals surface area (Å²) < 4.78 is 0. The maximum absolute atomic E-state index is 13.3. The first-order valence-corrected chi connectivity index (χ1v) is 12.9. The average molecular weight is 526 g/mol. The summed E-state index contributed by atoms with van der Waals surface area (Å²) in [5, 5.41) is 14.7. The van der Waals surface area contributed by atoms with E-state index < -0.39 is 11.0 Å². The van der Waals surface area contributed by atoms with Crippen LogP contribution in [0.2, 0.25) is 10.0 Å². The van der Waals surface area contributed by atoms with Crippen molar-refractivity contribution < 1.29 is 14.5 Å². The molecule has 0 aliphatic rings. The second-order valence-electron chi connectivity index (χ2n) is 7.88. The molecule has 0 aromatic heterocycles. The fourth-order valence-electron chi connectivity index (χ4n) is 3.27. The van der Waals surface area contributed by atoms with E-state index in [1.165, 1.54) is 28.8 Å². The highest BCUT2D eigenvalue weighted by Gasteiger charge is 2.30. The highest BCUT2D eigenvalue weighted by molar-refractivity contribution is 7.99. The molecule has 0 unspecified atom stereocenters. The number of nitro benzene ring substituents is 1. The predicted octanol–water partition coefficient (Wildman–Crippen LogP) is 5.86. The van der Waals surface area contributed by atoms with Crippen LogP contribution in [0.4, 0.5) is 5.69 Å². The van der Waals surface area contributed by atoms with E-state index >= 15 is 0 Å². The first-order chi connectivity index (χ1) is 16.2. The fourth-order valence-corrected chi connectivity index (χ4v) is 4.65. The molecule has 0 aliphatic carbocycles. The number of carbonyl (C=O) groups excluding carboxylic acids is 2. The molecular weight excluding hydrogens is 497 g/mol. The van der Waals surface area contributed by atoms with Gasteiger partial charge in [-0.05, 0) is 37.5 Å². The van der Waals surface area contributed by atoms with E-state index in [9.17, 15) is 19.7 Å². The van der Waals surface area contributed by atoms with Crippen molar-refractivity contribution in [3.63, 3.8) is 0 Å². The van der Waals surface area contributed by atoms with Gasteiger partial charge in [0.2, 0.25) is 11.8 Å². The number of hydrogen-bond donors (Lipinski definition) is 1. The highest BCUT2D eigenvalue weighted by atomic mass is 35.5. The summed E-state index contributed by atoms with van der Waals surface area (Å²) in [6, 6.07) is 10.7. The molecule has 0 saturated carbocycles. The average Bonchev–Trinajstić information content (AvgIpc) is 2.80. The van der Waals surface area contributed by atoms with Gasteiger partial charge in [0.25, 0.3) is 5.69 Å². The van der Waals surface area contributed by atoms with Crippen LogP contribution in [0.25, 0.3) is 0 Å². The zero-order valence-electron chi connectivity index (χ0n) is 19.4. The van der Waals surface area contributed by atoms with E-state index in [4.69, 9.17) is 23.2 Å². The van der Waals surface area contributed by atoms with Crippen molar-refractivity contribution in [3.8, 4) is 0 Å². The molecule has 0 aliphatic heterocycles. The lowest BCUT2D eigenvalue weighted by atomic mass is 10.1. The largest absolute Gasteiger partial charge is 0.352 e. The zero-order valence-corrected chi connectivity index (χ0v) is 21.8. The summed E-state index contributed by atoms with van der Waals surface area (Å²) in [6.45, 7) is 5.87. The van der Waals surface area contributed by atoms with Gasteiger partial charge in [-0.2, -0.15) is 0 Å². The predicted molar refractivity (Wildman–Crippen MR) is 138 cm³/mol. The maximum atomic E-state index is 13.3. The monoisotopic (exact) mass is 525 g/mol. The lowest BCUT2D eigenvalue weighted by Gasteiger charge is -2.32. The Balaban J connectivity index is 2.18. The fraction of sp³-hybridized carbons (Fsp3) is 0.417. The third kappa shape index (κ3) is 7.89. The van der Waals surface area contributed by atoms with Crippen LogP contribution in [-0.4, -0.2) is 39.5 Å². The molecule has 2 aromatic rings. The zero-order chi connectivity index (χ0) is 25.3. The molecule has 1 N–H and O–H groups in total. The molecule has 2 aromatic carbocycles. The van der Waals surface area contributed by atoms with Gasteiger partial charge in [0.05, 0.1) is 10.7 Å². The molecule has 0 saturated heterocycles. The van der Waals surface area contributed by atoms with Crippen molar-refractivity contribution in [2.24, 2.45) is 0 Å². The molecule has 2 rings (SSSR count). The number of amides is 2. The van der Waals surface area contributed by atoms with Crippen LogP contribution in [-0.2, 0) is 21.9 Å². The van der Waals surface area contributed by atoms with E-state index in [1.54, 1.807) is 30.3 Å². The minimum absolute atomic E-state index is 0.0149. The van der Waals surface area contributed by atoms with E-state index in [0.717, 1.165) is 12.0 Å². The number of nitrogens with one attached hydrogen (secondary N) is 1. The Morgan fingerprint density at radius 1 is 1.09 bits per heavy atom. The van der Waals surface area contributed by atoms with Gasteiger partial charge in [-0.15, -0.1) is 11.8 Å². The summed E-state index contributed by atoms with van der Waals surface area (Å²) in [6.07, 6.45) is 1.21.